The van der Waals surface area contributed by atoms with E-state index < -0.39 is 49.3 Å². The number of rotatable bonds is 6. The van der Waals surface area contributed by atoms with Gasteiger partial charge < -0.3 is 29.2 Å². The minimum Gasteiger partial charge on any atom is -0.459 e. The molecule has 0 spiro atoms. The molecule has 0 unspecified atom stereocenters. The largest absolute Gasteiger partial charge is 0.459 e. The lowest BCUT2D eigenvalue weighted by atomic mass is 9.98. The molecule has 1 fully saturated rings. The van der Waals surface area contributed by atoms with Gasteiger partial charge in [0.25, 0.3) is 0 Å². The molecule has 0 aliphatic carbocycles. The molecule has 3 rings (SSSR count). The van der Waals surface area contributed by atoms with Crippen molar-refractivity contribution in [2.45, 2.75) is 30.7 Å². The molecule has 2 N–H and O–H groups in total. The molecule has 33 heavy (non-hydrogen) atoms. The number of aliphatic hydroxyl groups excluding tert-OH is 2. The summed E-state index contributed by atoms with van der Waals surface area (Å²) in [6, 6.07) is 8.88. The first-order chi connectivity index (χ1) is 15.6. The SMILES string of the molecule is CO[C@H]1O[C@H](COC(=O)c2c(Cl)cccc2Cl)[C@@H](O)[C@H](OC(=O)c2c(Cl)cccc2Cl)[C@@H]1O. The smallest absolute Gasteiger partial charge is 0.341 e. The number of carbonyl (C=O) groups is 2. The number of carbonyl (C=O) groups excluding carboxylic acids is 2. The zero-order chi connectivity index (χ0) is 24.3. The Balaban J connectivity index is 1.76. The molecule has 0 saturated carbocycles. The maximum absolute atomic E-state index is 12.7. The Morgan fingerprint density at radius 1 is 0.879 bits per heavy atom. The Kier molecular flexibility index (Phi) is 8.82. The first-order valence-corrected chi connectivity index (χ1v) is 11.0. The van der Waals surface area contributed by atoms with Crippen LogP contribution in [0.4, 0.5) is 0 Å². The van der Waals surface area contributed by atoms with Crippen molar-refractivity contribution in [3.63, 3.8) is 0 Å². The third-order valence-corrected chi connectivity index (χ3v) is 6.09. The van der Waals surface area contributed by atoms with Gasteiger partial charge in [-0.05, 0) is 24.3 Å². The number of aliphatic hydroxyl groups is 2. The van der Waals surface area contributed by atoms with E-state index in [1.165, 1.54) is 37.4 Å². The van der Waals surface area contributed by atoms with Gasteiger partial charge >= 0.3 is 11.9 Å². The summed E-state index contributed by atoms with van der Waals surface area (Å²) < 4.78 is 21.0. The van der Waals surface area contributed by atoms with Gasteiger partial charge in [0.2, 0.25) is 0 Å². The minimum atomic E-state index is -1.61. The van der Waals surface area contributed by atoms with Crippen LogP contribution in [0.25, 0.3) is 0 Å². The first-order valence-electron chi connectivity index (χ1n) is 9.46. The van der Waals surface area contributed by atoms with Gasteiger partial charge in [0.1, 0.15) is 24.9 Å². The maximum Gasteiger partial charge on any atom is 0.341 e. The van der Waals surface area contributed by atoms with Gasteiger partial charge in [0.05, 0.1) is 31.2 Å². The van der Waals surface area contributed by atoms with Crippen LogP contribution in [0.15, 0.2) is 36.4 Å². The Morgan fingerprint density at radius 2 is 1.36 bits per heavy atom. The zero-order valence-corrected chi connectivity index (χ0v) is 19.9. The van der Waals surface area contributed by atoms with Crippen LogP contribution in [0, 0.1) is 0 Å². The molecule has 2 aromatic rings. The molecule has 8 nitrogen and oxygen atoms in total. The van der Waals surface area contributed by atoms with Crippen molar-refractivity contribution >= 4 is 58.3 Å². The van der Waals surface area contributed by atoms with E-state index in [1.807, 2.05) is 0 Å². The quantitative estimate of drug-likeness (QED) is 0.533. The predicted octanol–water partition coefficient (Wildman–Crippen LogP) is 3.78. The van der Waals surface area contributed by atoms with E-state index in [0.717, 1.165) is 0 Å². The predicted molar refractivity (Wildman–Crippen MR) is 120 cm³/mol. The van der Waals surface area contributed by atoms with Crippen molar-refractivity contribution in [1.82, 2.24) is 0 Å². The molecule has 12 heteroatoms. The second-order valence-corrected chi connectivity index (χ2v) is 8.55. The second kappa shape index (κ2) is 11.2. The second-order valence-electron chi connectivity index (χ2n) is 6.92. The third kappa shape index (κ3) is 5.72. The summed E-state index contributed by atoms with van der Waals surface area (Å²) in [6.45, 7) is -0.491. The molecule has 1 heterocycles. The van der Waals surface area contributed by atoms with Crippen molar-refractivity contribution in [2.24, 2.45) is 0 Å². The van der Waals surface area contributed by atoms with Crippen LogP contribution in [0.1, 0.15) is 20.7 Å². The van der Waals surface area contributed by atoms with Crippen LogP contribution in [0.5, 0.6) is 0 Å². The van der Waals surface area contributed by atoms with Crippen LogP contribution in [0.2, 0.25) is 20.1 Å². The number of hydrogen-bond acceptors (Lipinski definition) is 8. The number of ether oxygens (including phenoxy) is 4. The molecule has 0 bridgehead atoms. The highest BCUT2D eigenvalue weighted by molar-refractivity contribution is 6.40. The van der Waals surface area contributed by atoms with Crippen molar-refractivity contribution in [1.29, 1.82) is 0 Å². The van der Waals surface area contributed by atoms with E-state index in [4.69, 9.17) is 65.4 Å². The topological polar surface area (TPSA) is 112 Å². The van der Waals surface area contributed by atoms with Crippen LogP contribution >= 0.6 is 46.4 Å². The fourth-order valence-electron chi connectivity index (χ4n) is 3.17. The lowest BCUT2D eigenvalue weighted by Crippen LogP contribution is -2.60. The summed E-state index contributed by atoms with van der Waals surface area (Å²) in [4.78, 5) is 25.1. The number of methoxy groups -OCH3 is 1. The van der Waals surface area contributed by atoms with Gasteiger partial charge in [-0.1, -0.05) is 58.5 Å². The fourth-order valence-corrected chi connectivity index (χ4v) is 4.28. The van der Waals surface area contributed by atoms with Gasteiger partial charge in [-0.2, -0.15) is 0 Å². The van der Waals surface area contributed by atoms with Crippen LogP contribution in [-0.2, 0) is 18.9 Å². The molecular formula is C21H18Cl4O8. The molecular weight excluding hydrogens is 522 g/mol. The molecule has 5 atom stereocenters. The number of hydrogen-bond donors (Lipinski definition) is 2. The van der Waals surface area contributed by atoms with Gasteiger partial charge in [-0.25, -0.2) is 9.59 Å². The van der Waals surface area contributed by atoms with E-state index in [9.17, 15) is 19.8 Å². The van der Waals surface area contributed by atoms with E-state index in [2.05, 4.69) is 0 Å². The Morgan fingerprint density at radius 3 is 1.85 bits per heavy atom. The zero-order valence-electron chi connectivity index (χ0n) is 16.9. The summed E-state index contributed by atoms with van der Waals surface area (Å²) >= 11 is 24.1. The Hall–Kier alpha value is -1.62. The number of esters is 2. The third-order valence-electron chi connectivity index (χ3n) is 4.83. The summed E-state index contributed by atoms with van der Waals surface area (Å²) in [5, 5.41) is 21.4. The van der Waals surface area contributed by atoms with E-state index >= 15 is 0 Å². The molecule has 0 radical (unpaired) electrons. The average molecular weight is 540 g/mol. The highest BCUT2D eigenvalue weighted by Crippen LogP contribution is 2.30. The number of benzene rings is 2. The maximum atomic E-state index is 12.7. The van der Waals surface area contributed by atoms with Gasteiger partial charge in [0.15, 0.2) is 12.4 Å². The fraction of sp³-hybridized carbons (Fsp3) is 0.333. The molecule has 1 aliphatic heterocycles. The Bertz CT molecular complexity index is 993. The van der Waals surface area contributed by atoms with E-state index in [1.54, 1.807) is 6.07 Å². The lowest BCUT2D eigenvalue weighted by Gasteiger charge is -2.41. The van der Waals surface area contributed by atoms with Crippen LogP contribution in [-0.4, -0.2) is 66.6 Å². The van der Waals surface area contributed by atoms with Crippen molar-refractivity contribution in [3.8, 4) is 0 Å². The van der Waals surface area contributed by atoms with Crippen molar-refractivity contribution < 1.29 is 38.7 Å². The summed E-state index contributed by atoms with van der Waals surface area (Å²) in [5.74, 6) is -1.85. The molecule has 1 saturated heterocycles. The van der Waals surface area contributed by atoms with E-state index in [0.29, 0.717) is 0 Å². The van der Waals surface area contributed by atoms with Crippen molar-refractivity contribution in [3.05, 3.63) is 67.6 Å². The summed E-state index contributed by atoms with van der Waals surface area (Å²) in [5.41, 5.74) is -0.206. The highest BCUT2D eigenvalue weighted by atomic mass is 35.5. The Labute approximate surface area is 208 Å². The molecule has 178 valence electrons. The first kappa shape index (κ1) is 26.0. The van der Waals surface area contributed by atoms with Crippen LogP contribution in [0.3, 0.4) is 0 Å². The average Bonchev–Trinajstić information content (AvgIpc) is 2.76. The van der Waals surface area contributed by atoms with Gasteiger partial charge in [0, 0.05) is 7.11 Å². The standard InChI is InChI=1S/C21H18Cl4O8/c1-30-21-17(27)18(33-20(29)15-11(24)6-3-7-12(15)25)16(26)13(32-21)8-31-19(28)14-9(22)4-2-5-10(14)23/h2-7,13,16-18,21,26-27H,8H2,1H3/t13-,16-,17+,18+,21+/m1/s1. The van der Waals surface area contributed by atoms with Gasteiger partial charge in [-0.3, -0.25) is 0 Å². The van der Waals surface area contributed by atoms with Gasteiger partial charge in [-0.15, -0.1) is 0 Å². The summed E-state index contributed by atoms with van der Waals surface area (Å²) in [6.07, 6.45) is -7.23. The van der Waals surface area contributed by atoms with E-state index in [-0.39, 0.29) is 31.2 Å². The molecule has 2 aromatic carbocycles. The highest BCUT2D eigenvalue weighted by Gasteiger charge is 2.48. The van der Waals surface area contributed by atoms with Crippen molar-refractivity contribution in [2.75, 3.05) is 13.7 Å². The monoisotopic (exact) mass is 538 g/mol. The minimum absolute atomic E-state index is 0.0222. The molecule has 0 amide bonds. The summed E-state index contributed by atoms with van der Waals surface area (Å²) in [7, 11) is 1.24. The van der Waals surface area contributed by atoms with Crippen LogP contribution < -0.4 is 0 Å². The molecule has 1 aliphatic rings. The number of halogens is 4. The molecule has 0 aromatic heterocycles. The normalized spacial score (nSPS) is 24.9. The lowest BCUT2D eigenvalue weighted by molar-refractivity contribution is -0.293.